The lowest BCUT2D eigenvalue weighted by Crippen LogP contribution is -2.38. The minimum atomic E-state index is -0.171. The molecule has 21 heavy (non-hydrogen) atoms. The van der Waals surface area contributed by atoms with Crippen molar-refractivity contribution in [2.24, 2.45) is 0 Å². The summed E-state index contributed by atoms with van der Waals surface area (Å²) in [6.07, 6.45) is 3.07. The Kier molecular flexibility index (Phi) is 5.94. The van der Waals surface area contributed by atoms with Gasteiger partial charge in [0.15, 0.2) is 0 Å². The number of nitrogens with one attached hydrogen (secondary N) is 1. The molecule has 0 aliphatic rings. The summed E-state index contributed by atoms with van der Waals surface area (Å²) in [5.74, 6) is -0.171. The van der Waals surface area contributed by atoms with Crippen LogP contribution in [-0.4, -0.2) is 12.1 Å². The third kappa shape index (κ3) is 5.31. The predicted octanol–water partition coefficient (Wildman–Crippen LogP) is 4.37. The average Bonchev–Trinajstić information content (AvgIpc) is 2.50. The van der Waals surface area contributed by atoms with E-state index in [0.717, 1.165) is 19.3 Å². The molecule has 0 aliphatic carbocycles. The van der Waals surface area contributed by atoms with Crippen molar-refractivity contribution in [3.05, 3.63) is 71.5 Å². The van der Waals surface area contributed by atoms with E-state index in [-0.39, 0.29) is 5.82 Å². The second-order valence-corrected chi connectivity index (χ2v) is 5.69. The number of benzene rings is 2. The van der Waals surface area contributed by atoms with Crippen molar-refractivity contribution in [1.29, 1.82) is 0 Å². The van der Waals surface area contributed by atoms with E-state index in [4.69, 9.17) is 0 Å². The third-order valence-electron chi connectivity index (χ3n) is 3.79. The van der Waals surface area contributed by atoms with E-state index in [2.05, 4.69) is 49.5 Å². The highest BCUT2D eigenvalue weighted by Gasteiger charge is 2.11. The molecule has 0 aliphatic heterocycles. The Hall–Kier alpha value is -1.67. The lowest BCUT2D eigenvalue weighted by Gasteiger charge is -2.22. The molecule has 0 spiro atoms. The first-order valence-electron chi connectivity index (χ1n) is 7.71. The molecule has 2 aromatic rings. The van der Waals surface area contributed by atoms with Gasteiger partial charge in [0.25, 0.3) is 0 Å². The van der Waals surface area contributed by atoms with Gasteiger partial charge < -0.3 is 5.32 Å². The summed E-state index contributed by atoms with van der Waals surface area (Å²) < 4.78 is 12.9. The normalized spacial score (nSPS) is 13.9. The number of hydrogen-bond donors (Lipinski definition) is 1. The molecule has 0 saturated heterocycles. The Morgan fingerprint density at radius 2 is 1.52 bits per heavy atom. The van der Waals surface area contributed by atoms with Gasteiger partial charge in [0.2, 0.25) is 0 Å². The Bertz CT molecular complexity index is 521. The number of hydrogen-bond acceptors (Lipinski definition) is 1. The Labute approximate surface area is 127 Å². The van der Waals surface area contributed by atoms with Crippen LogP contribution in [-0.2, 0) is 12.8 Å². The average molecular weight is 285 g/mol. The molecule has 0 bridgehead atoms. The molecule has 2 atom stereocenters. The fourth-order valence-corrected chi connectivity index (χ4v) is 2.66. The molecular formula is C19H24FN. The largest absolute Gasteiger partial charge is 0.311 e. The minimum Gasteiger partial charge on any atom is -0.311 e. The predicted molar refractivity (Wildman–Crippen MR) is 86.9 cm³/mol. The summed E-state index contributed by atoms with van der Waals surface area (Å²) >= 11 is 0. The van der Waals surface area contributed by atoms with E-state index in [0.29, 0.717) is 12.1 Å². The quantitative estimate of drug-likeness (QED) is 0.796. The first-order valence-corrected chi connectivity index (χ1v) is 7.71. The van der Waals surface area contributed by atoms with E-state index in [1.807, 2.05) is 12.1 Å². The zero-order valence-electron chi connectivity index (χ0n) is 12.9. The van der Waals surface area contributed by atoms with Gasteiger partial charge in [-0.05, 0) is 49.4 Å². The molecule has 112 valence electrons. The second kappa shape index (κ2) is 7.94. The fourth-order valence-electron chi connectivity index (χ4n) is 2.66. The summed E-state index contributed by atoms with van der Waals surface area (Å²) in [6, 6.07) is 18.2. The van der Waals surface area contributed by atoms with Crippen molar-refractivity contribution < 1.29 is 4.39 Å². The van der Waals surface area contributed by atoms with Crippen molar-refractivity contribution in [1.82, 2.24) is 5.32 Å². The van der Waals surface area contributed by atoms with Crippen LogP contribution in [0.3, 0.4) is 0 Å². The van der Waals surface area contributed by atoms with Gasteiger partial charge in [-0.15, -0.1) is 0 Å². The molecule has 2 unspecified atom stereocenters. The lowest BCUT2D eigenvalue weighted by molar-refractivity contribution is 0.429. The second-order valence-electron chi connectivity index (χ2n) is 5.69. The van der Waals surface area contributed by atoms with E-state index in [1.165, 1.54) is 23.3 Å². The maximum absolute atomic E-state index is 12.9. The molecule has 2 rings (SSSR count). The Morgan fingerprint density at radius 3 is 2.14 bits per heavy atom. The minimum absolute atomic E-state index is 0.171. The van der Waals surface area contributed by atoms with Crippen LogP contribution >= 0.6 is 0 Å². The molecule has 1 N–H and O–H groups in total. The van der Waals surface area contributed by atoms with E-state index < -0.39 is 0 Å². The molecule has 0 fully saturated rings. The molecule has 0 saturated carbocycles. The zero-order valence-corrected chi connectivity index (χ0v) is 12.9. The standard InChI is InChI=1S/C19H24FN/c1-3-19(14-16-7-5-4-6-8-16)21-15(2)13-17-9-11-18(20)12-10-17/h4-12,15,19,21H,3,13-14H2,1-2H3. The van der Waals surface area contributed by atoms with E-state index >= 15 is 0 Å². The van der Waals surface area contributed by atoms with Crippen LogP contribution in [0.4, 0.5) is 4.39 Å². The first kappa shape index (κ1) is 15.7. The molecular weight excluding hydrogens is 261 g/mol. The third-order valence-corrected chi connectivity index (χ3v) is 3.79. The Morgan fingerprint density at radius 1 is 0.905 bits per heavy atom. The van der Waals surface area contributed by atoms with Crippen molar-refractivity contribution >= 4 is 0 Å². The number of rotatable bonds is 7. The van der Waals surface area contributed by atoms with Crippen LogP contribution < -0.4 is 5.32 Å². The van der Waals surface area contributed by atoms with Gasteiger partial charge in [-0.25, -0.2) is 4.39 Å². The van der Waals surface area contributed by atoms with E-state index in [9.17, 15) is 4.39 Å². The summed E-state index contributed by atoms with van der Waals surface area (Å²) in [7, 11) is 0. The monoisotopic (exact) mass is 285 g/mol. The molecule has 2 aromatic carbocycles. The van der Waals surface area contributed by atoms with Gasteiger partial charge in [-0.3, -0.25) is 0 Å². The first-order chi connectivity index (χ1) is 10.2. The molecule has 0 radical (unpaired) electrons. The van der Waals surface area contributed by atoms with Crippen LogP contribution in [0, 0.1) is 5.82 Å². The molecule has 1 nitrogen and oxygen atoms in total. The van der Waals surface area contributed by atoms with Gasteiger partial charge >= 0.3 is 0 Å². The lowest BCUT2D eigenvalue weighted by atomic mass is 10.0. The molecule has 0 aromatic heterocycles. The van der Waals surface area contributed by atoms with Crippen molar-refractivity contribution in [2.75, 3.05) is 0 Å². The smallest absolute Gasteiger partial charge is 0.123 e. The van der Waals surface area contributed by atoms with Crippen LogP contribution in [0.25, 0.3) is 0 Å². The fraction of sp³-hybridized carbons (Fsp3) is 0.368. The maximum atomic E-state index is 12.9. The highest BCUT2D eigenvalue weighted by atomic mass is 19.1. The van der Waals surface area contributed by atoms with Crippen molar-refractivity contribution in [3.63, 3.8) is 0 Å². The van der Waals surface area contributed by atoms with Crippen LogP contribution in [0.15, 0.2) is 54.6 Å². The summed E-state index contributed by atoms with van der Waals surface area (Å²) in [5.41, 5.74) is 2.54. The van der Waals surface area contributed by atoms with Gasteiger partial charge in [0.05, 0.1) is 0 Å². The van der Waals surface area contributed by atoms with E-state index in [1.54, 1.807) is 0 Å². The molecule has 2 heteroatoms. The van der Waals surface area contributed by atoms with Crippen LogP contribution in [0.5, 0.6) is 0 Å². The van der Waals surface area contributed by atoms with Crippen LogP contribution in [0.1, 0.15) is 31.4 Å². The Balaban J connectivity index is 1.87. The maximum Gasteiger partial charge on any atom is 0.123 e. The highest BCUT2D eigenvalue weighted by Crippen LogP contribution is 2.09. The van der Waals surface area contributed by atoms with Gasteiger partial charge in [0, 0.05) is 12.1 Å². The topological polar surface area (TPSA) is 12.0 Å². The summed E-state index contributed by atoms with van der Waals surface area (Å²) in [4.78, 5) is 0. The number of halogens is 1. The SMILES string of the molecule is CCC(Cc1ccccc1)NC(C)Cc1ccc(F)cc1. The summed E-state index contributed by atoms with van der Waals surface area (Å²) in [6.45, 7) is 4.40. The van der Waals surface area contributed by atoms with Gasteiger partial charge in [-0.1, -0.05) is 49.4 Å². The van der Waals surface area contributed by atoms with Crippen molar-refractivity contribution in [3.8, 4) is 0 Å². The highest BCUT2D eigenvalue weighted by molar-refractivity contribution is 5.18. The summed E-state index contributed by atoms with van der Waals surface area (Å²) in [5, 5.41) is 3.68. The zero-order chi connectivity index (χ0) is 15.1. The molecule has 0 amide bonds. The molecule has 0 heterocycles. The van der Waals surface area contributed by atoms with Crippen LogP contribution in [0.2, 0.25) is 0 Å². The van der Waals surface area contributed by atoms with Crippen molar-refractivity contribution in [2.45, 2.75) is 45.2 Å². The van der Waals surface area contributed by atoms with Gasteiger partial charge in [-0.2, -0.15) is 0 Å². The van der Waals surface area contributed by atoms with Gasteiger partial charge in [0.1, 0.15) is 5.82 Å².